The van der Waals surface area contributed by atoms with E-state index in [4.69, 9.17) is 16.3 Å². The molecule has 0 aliphatic carbocycles. The second kappa shape index (κ2) is 6.69. The fourth-order valence-electron chi connectivity index (χ4n) is 2.20. The van der Waals surface area contributed by atoms with Crippen molar-refractivity contribution >= 4 is 46.2 Å². The smallest absolute Gasteiger partial charge is 0.288 e. The first-order chi connectivity index (χ1) is 11.0. The molecule has 0 unspecified atom stereocenters. The minimum atomic E-state index is -0.552. The number of halogens is 1. The van der Waals surface area contributed by atoms with Gasteiger partial charge in [-0.3, -0.25) is 14.9 Å². The van der Waals surface area contributed by atoms with E-state index in [1.807, 2.05) is 4.90 Å². The summed E-state index contributed by atoms with van der Waals surface area (Å²) in [5, 5.41) is 11.6. The van der Waals surface area contributed by atoms with Gasteiger partial charge >= 0.3 is 0 Å². The number of nitro benzene ring substituents is 1. The summed E-state index contributed by atoms with van der Waals surface area (Å²) in [5.41, 5.74) is 0.348. The Balaban J connectivity index is 1.80. The van der Waals surface area contributed by atoms with Crippen molar-refractivity contribution in [2.45, 2.75) is 0 Å². The van der Waals surface area contributed by atoms with Crippen molar-refractivity contribution < 1.29 is 14.5 Å². The van der Waals surface area contributed by atoms with Crippen LogP contribution in [-0.4, -0.2) is 47.2 Å². The van der Waals surface area contributed by atoms with Crippen LogP contribution < -0.4 is 0 Å². The predicted octanol–water partition coefficient (Wildman–Crippen LogP) is 2.55. The molecule has 120 valence electrons. The van der Waals surface area contributed by atoms with E-state index in [2.05, 4.69) is 4.99 Å². The van der Waals surface area contributed by atoms with Crippen molar-refractivity contribution in [1.29, 1.82) is 0 Å². The van der Waals surface area contributed by atoms with Crippen LogP contribution in [0.3, 0.4) is 0 Å². The average Bonchev–Trinajstić information content (AvgIpc) is 2.91. The lowest BCUT2D eigenvalue weighted by atomic mass is 10.2. The minimum Gasteiger partial charge on any atom is -0.378 e. The van der Waals surface area contributed by atoms with Gasteiger partial charge in [0.1, 0.15) is 5.02 Å². The molecule has 1 aromatic carbocycles. The predicted molar refractivity (Wildman–Crippen MR) is 88.5 cm³/mol. The van der Waals surface area contributed by atoms with Crippen molar-refractivity contribution in [3.8, 4) is 0 Å². The number of nitrogens with zero attached hydrogens (tertiary/aromatic N) is 3. The van der Waals surface area contributed by atoms with Gasteiger partial charge in [0.2, 0.25) is 0 Å². The number of benzene rings is 1. The topological polar surface area (TPSA) is 85.0 Å². The molecule has 0 spiro atoms. The van der Waals surface area contributed by atoms with E-state index < -0.39 is 4.92 Å². The maximum atomic E-state index is 12.0. The molecule has 2 aliphatic heterocycles. The highest BCUT2D eigenvalue weighted by atomic mass is 35.5. The Morgan fingerprint density at radius 1 is 1.39 bits per heavy atom. The summed E-state index contributed by atoms with van der Waals surface area (Å²) in [5.74, 6) is -0.339. The molecule has 7 nitrogen and oxygen atoms in total. The summed E-state index contributed by atoms with van der Waals surface area (Å²) in [6, 6.07) is 4.42. The number of rotatable bonds is 2. The maximum absolute atomic E-state index is 12.0. The van der Waals surface area contributed by atoms with E-state index in [1.165, 1.54) is 23.9 Å². The number of amidine groups is 1. The van der Waals surface area contributed by atoms with Crippen LogP contribution in [0.25, 0.3) is 6.08 Å². The number of hydrogen-bond donors (Lipinski definition) is 0. The summed E-state index contributed by atoms with van der Waals surface area (Å²) < 4.78 is 5.27. The van der Waals surface area contributed by atoms with Gasteiger partial charge in [0.05, 0.1) is 23.0 Å². The molecule has 9 heteroatoms. The van der Waals surface area contributed by atoms with E-state index in [-0.39, 0.29) is 16.6 Å². The van der Waals surface area contributed by atoms with Crippen LogP contribution in [0, 0.1) is 10.1 Å². The zero-order chi connectivity index (χ0) is 16.4. The number of amides is 1. The third-order valence-corrected chi connectivity index (χ3v) is 4.72. The molecule has 3 rings (SSSR count). The largest absolute Gasteiger partial charge is 0.378 e. The summed E-state index contributed by atoms with van der Waals surface area (Å²) in [4.78, 5) is 28.9. The van der Waals surface area contributed by atoms with Crippen LogP contribution in [0.15, 0.2) is 28.1 Å². The fraction of sp³-hybridized carbons (Fsp3) is 0.286. The van der Waals surface area contributed by atoms with Crippen molar-refractivity contribution in [3.05, 3.63) is 43.8 Å². The van der Waals surface area contributed by atoms with Crippen LogP contribution in [0.4, 0.5) is 5.69 Å². The quantitative estimate of drug-likeness (QED) is 0.461. The Kier molecular flexibility index (Phi) is 4.65. The Morgan fingerprint density at radius 3 is 2.83 bits per heavy atom. The Hall–Kier alpha value is -1.90. The second-order valence-electron chi connectivity index (χ2n) is 4.88. The molecule has 2 heterocycles. The van der Waals surface area contributed by atoms with Gasteiger partial charge in [0.25, 0.3) is 11.6 Å². The van der Waals surface area contributed by atoms with Gasteiger partial charge in [0.15, 0.2) is 5.17 Å². The minimum absolute atomic E-state index is 0.0628. The summed E-state index contributed by atoms with van der Waals surface area (Å²) in [6.45, 7) is 2.60. The van der Waals surface area contributed by atoms with Crippen LogP contribution in [0.5, 0.6) is 0 Å². The first-order valence-corrected chi connectivity index (χ1v) is 8.03. The Bertz CT molecular complexity index is 729. The zero-order valence-corrected chi connectivity index (χ0v) is 13.5. The molecule has 1 amide bonds. The Morgan fingerprint density at radius 2 is 2.13 bits per heavy atom. The third-order valence-electron chi connectivity index (χ3n) is 3.36. The number of hydrogen-bond acceptors (Lipinski definition) is 6. The van der Waals surface area contributed by atoms with Gasteiger partial charge < -0.3 is 9.64 Å². The van der Waals surface area contributed by atoms with E-state index in [1.54, 1.807) is 12.1 Å². The van der Waals surface area contributed by atoms with E-state index >= 15 is 0 Å². The molecule has 0 aromatic heterocycles. The summed E-state index contributed by atoms with van der Waals surface area (Å²) in [6.07, 6.45) is 1.59. The number of thioether (sulfide) groups is 1. The lowest BCUT2D eigenvalue weighted by Gasteiger charge is -2.27. The standard InChI is InChI=1S/C14H12ClN3O4S/c15-10-2-1-9(7-11(10)18(20)21)8-12-13(19)16-14(23-12)17-3-5-22-6-4-17/h1-2,7-8H,3-6H2/b12-8-. The monoisotopic (exact) mass is 353 g/mol. The molecule has 1 fully saturated rings. The third kappa shape index (κ3) is 3.54. The molecule has 0 radical (unpaired) electrons. The highest BCUT2D eigenvalue weighted by Crippen LogP contribution is 2.32. The lowest BCUT2D eigenvalue weighted by molar-refractivity contribution is -0.384. The van der Waals surface area contributed by atoms with E-state index in [0.717, 1.165) is 0 Å². The number of aliphatic imine (C=N–C) groups is 1. The molecule has 0 atom stereocenters. The molecular weight excluding hydrogens is 342 g/mol. The molecular formula is C14H12ClN3O4S. The van der Waals surface area contributed by atoms with Crippen LogP contribution in [0.1, 0.15) is 5.56 Å². The Labute approximate surface area is 141 Å². The zero-order valence-electron chi connectivity index (χ0n) is 11.9. The fourth-order valence-corrected chi connectivity index (χ4v) is 3.35. The number of carbonyl (C=O) groups is 1. The van der Waals surface area contributed by atoms with E-state index in [0.29, 0.717) is 41.9 Å². The van der Waals surface area contributed by atoms with Crippen molar-refractivity contribution in [2.75, 3.05) is 26.3 Å². The molecule has 23 heavy (non-hydrogen) atoms. The summed E-state index contributed by atoms with van der Waals surface area (Å²) >= 11 is 7.05. The SMILES string of the molecule is O=C1N=C(N2CCOCC2)S/C1=C\c1ccc(Cl)c([N+](=O)[O-])c1. The number of carbonyl (C=O) groups excluding carboxylic acids is 1. The van der Waals surface area contributed by atoms with Crippen LogP contribution in [-0.2, 0) is 9.53 Å². The second-order valence-corrected chi connectivity index (χ2v) is 6.29. The van der Waals surface area contributed by atoms with Crippen LogP contribution in [0.2, 0.25) is 5.02 Å². The van der Waals surface area contributed by atoms with Gasteiger partial charge in [-0.15, -0.1) is 0 Å². The molecule has 1 saturated heterocycles. The maximum Gasteiger partial charge on any atom is 0.288 e. The van der Waals surface area contributed by atoms with Crippen molar-refractivity contribution in [2.24, 2.45) is 4.99 Å². The molecule has 2 aliphatic rings. The van der Waals surface area contributed by atoms with Gasteiger partial charge in [-0.2, -0.15) is 4.99 Å². The first kappa shape index (κ1) is 16.0. The molecule has 1 aromatic rings. The van der Waals surface area contributed by atoms with Gasteiger partial charge in [-0.1, -0.05) is 17.7 Å². The number of morpholine rings is 1. The highest BCUT2D eigenvalue weighted by Gasteiger charge is 2.27. The highest BCUT2D eigenvalue weighted by molar-refractivity contribution is 8.18. The molecule has 0 N–H and O–H groups in total. The van der Waals surface area contributed by atoms with Gasteiger partial charge in [0, 0.05) is 19.2 Å². The molecule has 0 saturated carbocycles. The number of ether oxygens (including phenoxy) is 1. The van der Waals surface area contributed by atoms with E-state index in [9.17, 15) is 14.9 Å². The lowest BCUT2D eigenvalue weighted by Crippen LogP contribution is -2.38. The normalized spacial score (nSPS) is 20.0. The summed E-state index contributed by atoms with van der Waals surface area (Å²) in [7, 11) is 0. The molecule has 0 bridgehead atoms. The average molecular weight is 354 g/mol. The first-order valence-electron chi connectivity index (χ1n) is 6.84. The van der Waals surface area contributed by atoms with Crippen molar-refractivity contribution in [3.63, 3.8) is 0 Å². The number of nitro groups is 1. The van der Waals surface area contributed by atoms with Crippen molar-refractivity contribution in [1.82, 2.24) is 4.90 Å². The van der Waals surface area contributed by atoms with Gasteiger partial charge in [-0.25, -0.2) is 0 Å². The van der Waals surface area contributed by atoms with Gasteiger partial charge in [-0.05, 0) is 29.5 Å². The van der Waals surface area contributed by atoms with Crippen LogP contribution >= 0.6 is 23.4 Å².